The van der Waals surface area contributed by atoms with Crippen molar-refractivity contribution in [2.75, 3.05) is 13.1 Å². The SMILES string of the molecule is CCC1(C(=O)O)CCN(C(C)c2ccc(C)cc2)C1. The minimum absolute atomic E-state index is 0.286. The van der Waals surface area contributed by atoms with Gasteiger partial charge in [-0.3, -0.25) is 9.69 Å². The molecule has 0 spiro atoms. The lowest BCUT2D eigenvalue weighted by atomic mass is 9.84. The van der Waals surface area contributed by atoms with Gasteiger partial charge in [0, 0.05) is 12.6 Å². The average molecular weight is 261 g/mol. The van der Waals surface area contributed by atoms with Gasteiger partial charge in [-0.05, 0) is 38.8 Å². The molecule has 19 heavy (non-hydrogen) atoms. The van der Waals surface area contributed by atoms with Gasteiger partial charge in [-0.1, -0.05) is 36.8 Å². The number of hydrogen-bond donors (Lipinski definition) is 1. The van der Waals surface area contributed by atoms with Crippen molar-refractivity contribution in [3.8, 4) is 0 Å². The van der Waals surface area contributed by atoms with Gasteiger partial charge in [0.2, 0.25) is 0 Å². The van der Waals surface area contributed by atoms with Crippen LogP contribution in [0.1, 0.15) is 43.9 Å². The molecule has 2 atom stereocenters. The molecule has 1 heterocycles. The third-order valence-corrected chi connectivity index (χ3v) is 4.62. The topological polar surface area (TPSA) is 40.5 Å². The summed E-state index contributed by atoms with van der Waals surface area (Å²) in [7, 11) is 0. The second kappa shape index (κ2) is 5.33. The molecule has 0 amide bonds. The van der Waals surface area contributed by atoms with E-state index < -0.39 is 11.4 Å². The zero-order valence-electron chi connectivity index (χ0n) is 12.0. The van der Waals surface area contributed by atoms with Crippen molar-refractivity contribution >= 4 is 5.97 Å². The van der Waals surface area contributed by atoms with Crippen molar-refractivity contribution in [3.63, 3.8) is 0 Å². The van der Waals surface area contributed by atoms with E-state index in [1.54, 1.807) is 0 Å². The molecule has 104 valence electrons. The van der Waals surface area contributed by atoms with Crippen molar-refractivity contribution in [2.24, 2.45) is 5.41 Å². The van der Waals surface area contributed by atoms with E-state index in [9.17, 15) is 9.90 Å². The van der Waals surface area contributed by atoms with Crippen LogP contribution in [-0.2, 0) is 4.79 Å². The lowest BCUT2D eigenvalue weighted by molar-refractivity contribution is -0.148. The van der Waals surface area contributed by atoms with E-state index in [0.717, 1.165) is 13.0 Å². The lowest BCUT2D eigenvalue weighted by Crippen LogP contribution is -2.34. The van der Waals surface area contributed by atoms with Gasteiger partial charge in [0.05, 0.1) is 5.41 Å². The van der Waals surface area contributed by atoms with Crippen LogP contribution in [0.4, 0.5) is 0 Å². The maximum Gasteiger partial charge on any atom is 0.310 e. The Labute approximate surface area is 115 Å². The molecule has 1 aliphatic heterocycles. The second-order valence-electron chi connectivity index (χ2n) is 5.75. The Morgan fingerprint density at radius 2 is 2.05 bits per heavy atom. The zero-order valence-corrected chi connectivity index (χ0v) is 12.0. The minimum Gasteiger partial charge on any atom is -0.481 e. The highest BCUT2D eigenvalue weighted by Gasteiger charge is 2.44. The second-order valence-corrected chi connectivity index (χ2v) is 5.75. The average Bonchev–Trinajstić information content (AvgIpc) is 2.84. The molecule has 1 saturated heterocycles. The number of aliphatic carboxylic acids is 1. The summed E-state index contributed by atoms with van der Waals surface area (Å²) >= 11 is 0. The Morgan fingerprint density at radius 3 is 2.53 bits per heavy atom. The number of hydrogen-bond acceptors (Lipinski definition) is 2. The molecular formula is C16H23NO2. The molecule has 2 rings (SSSR count). The van der Waals surface area contributed by atoms with Gasteiger partial charge in [0.1, 0.15) is 0 Å². The molecule has 0 saturated carbocycles. The Kier molecular flexibility index (Phi) is 3.95. The first-order valence-corrected chi connectivity index (χ1v) is 7.02. The quantitative estimate of drug-likeness (QED) is 0.904. The van der Waals surface area contributed by atoms with Crippen LogP contribution in [0.15, 0.2) is 24.3 Å². The van der Waals surface area contributed by atoms with Crippen LogP contribution in [0.3, 0.4) is 0 Å². The van der Waals surface area contributed by atoms with Crippen LogP contribution >= 0.6 is 0 Å². The largest absolute Gasteiger partial charge is 0.481 e. The summed E-state index contributed by atoms with van der Waals surface area (Å²) in [6.07, 6.45) is 1.47. The maximum atomic E-state index is 11.5. The first-order chi connectivity index (χ1) is 8.98. The van der Waals surface area contributed by atoms with Gasteiger partial charge in [0.25, 0.3) is 0 Å². The molecule has 1 aromatic rings. The first kappa shape index (κ1) is 14.1. The van der Waals surface area contributed by atoms with Gasteiger partial charge in [-0.2, -0.15) is 0 Å². The molecule has 0 radical (unpaired) electrons. The molecule has 0 aromatic heterocycles. The number of carbonyl (C=O) groups is 1. The Hall–Kier alpha value is -1.35. The number of aryl methyl sites for hydroxylation is 1. The van der Waals surface area contributed by atoms with Crippen LogP contribution in [0.5, 0.6) is 0 Å². The number of nitrogens with zero attached hydrogens (tertiary/aromatic N) is 1. The smallest absolute Gasteiger partial charge is 0.310 e. The monoisotopic (exact) mass is 261 g/mol. The predicted molar refractivity (Wildman–Crippen MR) is 76.1 cm³/mol. The fourth-order valence-corrected chi connectivity index (χ4v) is 2.91. The normalized spacial score (nSPS) is 25.4. The number of rotatable bonds is 4. The van der Waals surface area contributed by atoms with E-state index >= 15 is 0 Å². The van der Waals surface area contributed by atoms with E-state index in [0.29, 0.717) is 13.0 Å². The fraction of sp³-hybridized carbons (Fsp3) is 0.562. The Bertz CT molecular complexity index is 454. The van der Waals surface area contributed by atoms with Crippen LogP contribution in [0.25, 0.3) is 0 Å². The highest BCUT2D eigenvalue weighted by atomic mass is 16.4. The third-order valence-electron chi connectivity index (χ3n) is 4.62. The van der Waals surface area contributed by atoms with Gasteiger partial charge in [0.15, 0.2) is 0 Å². The summed E-state index contributed by atoms with van der Waals surface area (Å²) in [6.45, 7) is 7.76. The molecule has 1 aliphatic rings. The van der Waals surface area contributed by atoms with Crippen LogP contribution in [0.2, 0.25) is 0 Å². The Morgan fingerprint density at radius 1 is 1.42 bits per heavy atom. The summed E-state index contributed by atoms with van der Waals surface area (Å²) in [6, 6.07) is 8.81. The van der Waals surface area contributed by atoms with Crippen molar-refractivity contribution in [1.29, 1.82) is 0 Å². The van der Waals surface area contributed by atoms with E-state index in [4.69, 9.17) is 0 Å². The van der Waals surface area contributed by atoms with Gasteiger partial charge in [-0.15, -0.1) is 0 Å². The molecule has 3 heteroatoms. The molecule has 2 unspecified atom stereocenters. The van der Waals surface area contributed by atoms with Crippen LogP contribution in [-0.4, -0.2) is 29.1 Å². The summed E-state index contributed by atoms with van der Waals surface area (Å²) in [4.78, 5) is 13.8. The van der Waals surface area contributed by atoms with Gasteiger partial charge >= 0.3 is 5.97 Å². The summed E-state index contributed by atoms with van der Waals surface area (Å²) < 4.78 is 0. The number of benzene rings is 1. The maximum absolute atomic E-state index is 11.5. The first-order valence-electron chi connectivity index (χ1n) is 7.02. The molecule has 0 aliphatic carbocycles. The molecule has 1 N–H and O–H groups in total. The van der Waals surface area contributed by atoms with E-state index in [1.807, 2.05) is 6.92 Å². The van der Waals surface area contributed by atoms with Crippen molar-refractivity contribution < 1.29 is 9.90 Å². The highest BCUT2D eigenvalue weighted by molar-refractivity contribution is 5.75. The molecular weight excluding hydrogens is 238 g/mol. The Balaban J connectivity index is 2.12. The predicted octanol–water partition coefficient (Wildman–Crippen LogP) is 3.24. The van der Waals surface area contributed by atoms with Gasteiger partial charge < -0.3 is 5.11 Å². The van der Waals surface area contributed by atoms with E-state index in [2.05, 4.69) is 43.0 Å². The lowest BCUT2D eigenvalue weighted by Gasteiger charge is -2.27. The van der Waals surface area contributed by atoms with Gasteiger partial charge in [-0.25, -0.2) is 0 Å². The van der Waals surface area contributed by atoms with Crippen LogP contribution in [0, 0.1) is 12.3 Å². The van der Waals surface area contributed by atoms with E-state index in [1.165, 1.54) is 11.1 Å². The zero-order chi connectivity index (χ0) is 14.0. The summed E-state index contributed by atoms with van der Waals surface area (Å²) in [5, 5.41) is 9.44. The highest BCUT2D eigenvalue weighted by Crippen LogP contribution is 2.38. The molecule has 3 nitrogen and oxygen atoms in total. The van der Waals surface area contributed by atoms with E-state index in [-0.39, 0.29) is 6.04 Å². The standard InChI is InChI=1S/C16H23NO2/c1-4-16(15(18)19)9-10-17(11-16)13(3)14-7-5-12(2)6-8-14/h5-8,13H,4,9-11H2,1-3H3,(H,18,19). The number of carboxylic acids is 1. The fourth-order valence-electron chi connectivity index (χ4n) is 2.91. The van der Waals surface area contributed by atoms with Crippen molar-refractivity contribution in [2.45, 2.75) is 39.7 Å². The molecule has 1 fully saturated rings. The molecule has 0 bridgehead atoms. The van der Waals surface area contributed by atoms with Crippen molar-refractivity contribution in [1.82, 2.24) is 4.90 Å². The summed E-state index contributed by atoms with van der Waals surface area (Å²) in [5.74, 6) is -0.645. The molecule has 1 aromatic carbocycles. The minimum atomic E-state index is -0.645. The summed E-state index contributed by atoms with van der Waals surface area (Å²) in [5.41, 5.74) is 1.98. The van der Waals surface area contributed by atoms with Crippen LogP contribution < -0.4 is 0 Å². The number of likely N-dealkylation sites (tertiary alicyclic amines) is 1. The van der Waals surface area contributed by atoms with Crippen molar-refractivity contribution in [3.05, 3.63) is 35.4 Å². The number of carboxylic acid groups (broad SMARTS) is 1. The third kappa shape index (κ3) is 2.66.